The molecule has 33 heavy (non-hydrogen) atoms. The van der Waals surface area contributed by atoms with E-state index in [4.69, 9.17) is 21.1 Å². The standard InChI is InChI=1S/C25H19ClFNO4S/c26-22-15-19(27)10-9-18(22)16-28-24(29)23(33-25(28)30)14-17-5-4-8-21(13-17)32-12-11-31-20-6-2-1-3-7-20/h1-10,13-15H,11-12,16H2/b23-14+. The molecule has 1 heterocycles. The van der Waals surface area contributed by atoms with Gasteiger partial charge in [-0.05, 0) is 65.4 Å². The first-order chi connectivity index (χ1) is 16.0. The van der Waals surface area contributed by atoms with Gasteiger partial charge in [0.2, 0.25) is 0 Å². The fraction of sp³-hybridized carbons (Fsp3) is 0.120. The van der Waals surface area contributed by atoms with Gasteiger partial charge in [-0.3, -0.25) is 14.5 Å². The van der Waals surface area contributed by atoms with E-state index in [2.05, 4.69) is 0 Å². The van der Waals surface area contributed by atoms with Crippen molar-refractivity contribution in [1.82, 2.24) is 4.90 Å². The average molecular weight is 484 g/mol. The molecule has 4 rings (SSSR count). The number of carbonyl (C=O) groups excluding carboxylic acids is 2. The van der Waals surface area contributed by atoms with Crippen LogP contribution < -0.4 is 9.47 Å². The van der Waals surface area contributed by atoms with Crippen molar-refractivity contribution in [2.45, 2.75) is 6.54 Å². The molecule has 0 aromatic heterocycles. The number of halogens is 2. The summed E-state index contributed by atoms with van der Waals surface area (Å²) in [6.45, 7) is 0.720. The fourth-order valence-corrected chi connectivity index (χ4v) is 4.20. The summed E-state index contributed by atoms with van der Waals surface area (Å²) in [6, 6.07) is 20.5. The third-order valence-corrected chi connectivity index (χ3v) is 6.00. The normalized spacial score (nSPS) is 14.7. The third-order valence-electron chi connectivity index (χ3n) is 4.74. The van der Waals surface area contributed by atoms with E-state index < -0.39 is 17.0 Å². The van der Waals surface area contributed by atoms with E-state index in [-0.39, 0.29) is 11.6 Å². The summed E-state index contributed by atoms with van der Waals surface area (Å²) < 4.78 is 24.6. The quantitative estimate of drug-likeness (QED) is 0.283. The summed E-state index contributed by atoms with van der Waals surface area (Å²) in [5.41, 5.74) is 1.22. The van der Waals surface area contributed by atoms with E-state index in [9.17, 15) is 14.0 Å². The van der Waals surface area contributed by atoms with Gasteiger partial charge in [-0.2, -0.15) is 0 Å². The van der Waals surface area contributed by atoms with Crippen molar-refractivity contribution in [3.8, 4) is 11.5 Å². The fourth-order valence-electron chi connectivity index (χ4n) is 3.14. The lowest BCUT2D eigenvalue weighted by Crippen LogP contribution is -2.27. The van der Waals surface area contributed by atoms with E-state index in [0.29, 0.717) is 29.4 Å². The summed E-state index contributed by atoms with van der Waals surface area (Å²) in [5.74, 6) is 0.490. The first kappa shape index (κ1) is 22.9. The van der Waals surface area contributed by atoms with E-state index in [1.165, 1.54) is 12.1 Å². The zero-order chi connectivity index (χ0) is 23.2. The van der Waals surface area contributed by atoms with Gasteiger partial charge in [-0.25, -0.2) is 4.39 Å². The second-order valence-corrected chi connectivity index (χ2v) is 8.49. The molecule has 2 amide bonds. The smallest absolute Gasteiger partial charge is 0.293 e. The highest BCUT2D eigenvalue weighted by atomic mass is 35.5. The van der Waals surface area contributed by atoms with Gasteiger partial charge in [0.1, 0.15) is 30.5 Å². The minimum absolute atomic E-state index is 0.0221. The summed E-state index contributed by atoms with van der Waals surface area (Å²) in [6.07, 6.45) is 1.64. The number of para-hydroxylation sites is 1. The predicted molar refractivity (Wildman–Crippen MR) is 127 cm³/mol. The maximum Gasteiger partial charge on any atom is 0.293 e. The molecule has 0 unspecified atom stereocenters. The molecule has 1 saturated heterocycles. The SMILES string of the molecule is O=C1S/C(=C/c2cccc(OCCOc3ccccc3)c2)C(=O)N1Cc1ccc(F)cc1Cl. The van der Waals surface area contributed by atoms with Gasteiger partial charge in [0.05, 0.1) is 11.4 Å². The summed E-state index contributed by atoms with van der Waals surface area (Å²) in [5, 5.41) is -0.240. The Labute approximate surface area is 199 Å². The molecule has 1 aliphatic heterocycles. The van der Waals surface area contributed by atoms with Crippen LogP contribution in [0.4, 0.5) is 9.18 Å². The van der Waals surface area contributed by atoms with Crippen LogP contribution in [0.5, 0.6) is 11.5 Å². The van der Waals surface area contributed by atoms with Gasteiger partial charge in [0, 0.05) is 5.02 Å². The highest BCUT2D eigenvalue weighted by molar-refractivity contribution is 8.18. The Bertz CT molecular complexity index is 1200. The molecule has 0 atom stereocenters. The van der Waals surface area contributed by atoms with Gasteiger partial charge in [0.15, 0.2) is 0 Å². The Balaban J connectivity index is 1.38. The molecule has 1 fully saturated rings. The Hall–Kier alpha value is -3.29. The second kappa shape index (κ2) is 10.6. The number of benzene rings is 3. The molecule has 0 bridgehead atoms. The lowest BCUT2D eigenvalue weighted by atomic mass is 10.2. The molecule has 3 aromatic rings. The molecule has 168 valence electrons. The molecule has 8 heteroatoms. The van der Waals surface area contributed by atoms with Crippen LogP contribution in [-0.2, 0) is 11.3 Å². The number of amides is 2. The third kappa shape index (κ3) is 5.94. The van der Waals surface area contributed by atoms with E-state index in [1.807, 2.05) is 48.5 Å². The number of imide groups is 1. The van der Waals surface area contributed by atoms with Crippen molar-refractivity contribution in [2.24, 2.45) is 0 Å². The molecule has 0 radical (unpaired) electrons. The molecule has 0 saturated carbocycles. The Morgan fingerprint density at radius 3 is 2.39 bits per heavy atom. The van der Waals surface area contributed by atoms with Crippen LogP contribution in [0.2, 0.25) is 5.02 Å². The Morgan fingerprint density at radius 1 is 0.909 bits per heavy atom. The van der Waals surface area contributed by atoms with Crippen LogP contribution in [0.3, 0.4) is 0 Å². The minimum atomic E-state index is -0.480. The molecule has 0 aliphatic carbocycles. The number of hydrogen-bond donors (Lipinski definition) is 0. The maximum absolute atomic E-state index is 13.3. The minimum Gasteiger partial charge on any atom is -0.490 e. The molecular weight excluding hydrogens is 465 g/mol. The van der Waals surface area contributed by atoms with Crippen LogP contribution in [0.15, 0.2) is 77.7 Å². The lowest BCUT2D eigenvalue weighted by Gasteiger charge is -2.13. The van der Waals surface area contributed by atoms with Gasteiger partial charge in [-0.1, -0.05) is 48.0 Å². The van der Waals surface area contributed by atoms with Gasteiger partial charge < -0.3 is 9.47 Å². The van der Waals surface area contributed by atoms with E-state index in [0.717, 1.165) is 34.0 Å². The molecule has 0 N–H and O–H groups in total. The lowest BCUT2D eigenvalue weighted by molar-refractivity contribution is -0.123. The first-order valence-corrected chi connectivity index (χ1v) is 11.3. The Morgan fingerprint density at radius 2 is 1.64 bits per heavy atom. The van der Waals surface area contributed by atoms with Crippen molar-refractivity contribution in [1.29, 1.82) is 0 Å². The van der Waals surface area contributed by atoms with Crippen molar-refractivity contribution >= 4 is 40.6 Å². The Kier molecular flexibility index (Phi) is 7.32. The van der Waals surface area contributed by atoms with Crippen LogP contribution in [-0.4, -0.2) is 29.3 Å². The van der Waals surface area contributed by atoms with Crippen LogP contribution in [0.1, 0.15) is 11.1 Å². The number of hydrogen-bond acceptors (Lipinski definition) is 5. The number of nitrogens with zero attached hydrogens (tertiary/aromatic N) is 1. The summed E-state index contributed by atoms with van der Waals surface area (Å²) in [4.78, 5) is 26.6. The molecule has 5 nitrogen and oxygen atoms in total. The average Bonchev–Trinajstić information content (AvgIpc) is 3.06. The van der Waals surface area contributed by atoms with Gasteiger partial charge in [0.25, 0.3) is 11.1 Å². The van der Waals surface area contributed by atoms with Crippen LogP contribution >= 0.6 is 23.4 Å². The molecule has 0 spiro atoms. The monoisotopic (exact) mass is 483 g/mol. The largest absolute Gasteiger partial charge is 0.490 e. The van der Waals surface area contributed by atoms with Crippen molar-refractivity contribution in [3.63, 3.8) is 0 Å². The number of thioether (sulfide) groups is 1. The van der Waals surface area contributed by atoms with Crippen LogP contribution in [0.25, 0.3) is 6.08 Å². The van der Waals surface area contributed by atoms with Crippen molar-refractivity contribution < 1.29 is 23.5 Å². The first-order valence-electron chi connectivity index (χ1n) is 10.1. The highest BCUT2D eigenvalue weighted by Gasteiger charge is 2.35. The van der Waals surface area contributed by atoms with Crippen LogP contribution in [0, 0.1) is 5.82 Å². The highest BCUT2D eigenvalue weighted by Crippen LogP contribution is 2.34. The number of rotatable bonds is 8. The number of ether oxygens (including phenoxy) is 2. The predicted octanol–water partition coefficient (Wildman–Crippen LogP) is 6.17. The zero-order valence-electron chi connectivity index (χ0n) is 17.4. The van der Waals surface area contributed by atoms with Crippen molar-refractivity contribution in [3.05, 3.63) is 99.7 Å². The molecule has 3 aromatic carbocycles. The maximum atomic E-state index is 13.3. The summed E-state index contributed by atoms with van der Waals surface area (Å²) >= 11 is 6.89. The van der Waals surface area contributed by atoms with Gasteiger partial charge >= 0.3 is 0 Å². The zero-order valence-corrected chi connectivity index (χ0v) is 18.9. The second-order valence-electron chi connectivity index (χ2n) is 7.09. The molecule has 1 aliphatic rings. The number of carbonyl (C=O) groups is 2. The van der Waals surface area contributed by atoms with Gasteiger partial charge in [-0.15, -0.1) is 0 Å². The topological polar surface area (TPSA) is 55.8 Å². The molecular formula is C25H19ClFNO4S. The van der Waals surface area contributed by atoms with E-state index >= 15 is 0 Å². The van der Waals surface area contributed by atoms with E-state index in [1.54, 1.807) is 12.1 Å². The van der Waals surface area contributed by atoms with Crippen molar-refractivity contribution in [2.75, 3.05) is 13.2 Å². The summed E-state index contributed by atoms with van der Waals surface area (Å²) in [7, 11) is 0.